The van der Waals surface area contributed by atoms with E-state index in [-0.39, 0.29) is 6.10 Å². The molecule has 1 aromatic heterocycles. The minimum absolute atomic E-state index is 0.152. The molecule has 2 N–H and O–H groups in total. The standard InChI is InChI=1S/C15H15N3O2S/c16-14-9-7-19-6-5-10(9)17-15(18-14)12-8-21-13-4-2-1-3-11(13)20-12/h1-4,12H,5-8H2,(H2,16,17,18). The topological polar surface area (TPSA) is 70.3 Å². The molecule has 1 atom stereocenters. The summed E-state index contributed by atoms with van der Waals surface area (Å²) in [6.45, 7) is 1.19. The fraction of sp³-hybridized carbons (Fsp3) is 0.333. The van der Waals surface area contributed by atoms with Crippen LogP contribution in [0.1, 0.15) is 23.2 Å². The average Bonchev–Trinajstić information content (AvgIpc) is 2.54. The molecule has 3 heterocycles. The molecule has 0 radical (unpaired) electrons. The number of para-hydroxylation sites is 1. The van der Waals surface area contributed by atoms with Crippen LogP contribution in [-0.4, -0.2) is 22.3 Å². The van der Waals surface area contributed by atoms with Gasteiger partial charge in [-0.1, -0.05) is 12.1 Å². The number of rotatable bonds is 1. The Bertz CT molecular complexity index is 693. The fourth-order valence-electron chi connectivity index (χ4n) is 2.57. The minimum Gasteiger partial charge on any atom is -0.480 e. The lowest BCUT2D eigenvalue weighted by Crippen LogP contribution is -2.22. The second kappa shape index (κ2) is 5.20. The summed E-state index contributed by atoms with van der Waals surface area (Å²) in [7, 11) is 0. The second-order valence-electron chi connectivity index (χ2n) is 5.06. The maximum atomic E-state index is 6.05. The summed E-state index contributed by atoms with van der Waals surface area (Å²) in [5, 5.41) is 0. The second-order valence-corrected chi connectivity index (χ2v) is 6.12. The highest BCUT2D eigenvalue weighted by Crippen LogP contribution is 2.39. The zero-order valence-electron chi connectivity index (χ0n) is 11.4. The zero-order valence-corrected chi connectivity index (χ0v) is 12.2. The van der Waals surface area contributed by atoms with Gasteiger partial charge in [0.15, 0.2) is 11.9 Å². The van der Waals surface area contributed by atoms with E-state index in [0.29, 0.717) is 24.9 Å². The van der Waals surface area contributed by atoms with Crippen molar-refractivity contribution in [2.75, 3.05) is 18.1 Å². The Balaban J connectivity index is 1.67. The minimum atomic E-state index is -0.152. The molecular weight excluding hydrogens is 286 g/mol. The third-order valence-corrected chi connectivity index (χ3v) is 4.79. The first kappa shape index (κ1) is 12.9. The number of ether oxygens (including phenoxy) is 2. The Morgan fingerprint density at radius 1 is 1.24 bits per heavy atom. The first-order valence-corrected chi connectivity index (χ1v) is 7.91. The third-order valence-electron chi connectivity index (χ3n) is 3.67. The van der Waals surface area contributed by atoms with E-state index in [0.717, 1.165) is 34.1 Å². The maximum absolute atomic E-state index is 6.05. The largest absolute Gasteiger partial charge is 0.480 e. The number of benzene rings is 1. The predicted octanol–water partition coefficient (Wildman–Crippen LogP) is 2.36. The van der Waals surface area contributed by atoms with Crippen LogP contribution in [0.2, 0.25) is 0 Å². The first-order valence-electron chi connectivity index (χ1n) is 6.92. The lowest BCUT2D eigenvalue weighted by Gasteiger charge is -2.26. The van der Waals surface area contributed by atoms with Crippen molar-refractivity contribution >= 4 is 17.6 Å². The number of fused-ring (bicyclic) bond motifs is 2. The lowest BCUT2D eigenvalue weighted by atomic mass is 10.1. The smallest absolute Gasteiger partial charge is 0.172 e. The number of nitrogen functional groups attached to an aromatic ring is 1. The number of thioether (sulfide) groups is 1. The van der Waals surface area contributed by atoms with Crippen LogP contribution in [-0.2, 0) is 17.8 Å². The Morgan fingerprint density at radius 3 is 3.10 bits per heavy atom. The van der Waals surface area contributed by atoms with E-state index in [1.807, 2.05) is 18.2 Å². The van der Waals surface area contributed by atoms with Gasteiger partial charge in [-0.25, -0.2) is 9.97 Å². The zero-order chi connectivity index (χ0) is 14.2. The molecule has 0 saturated heterocycles. The predicted molar refractivity (Wildman–Crippen MR) is 80.3 cm³/mol. The Kier molecular flexibility index (Phi) is 3.20. The third kappa shape index (κ3) is 2.34. The van der Waals surface area contributed by atoms with E-state index in [1.165, 1.54) is 0 Å². The summed E-state index contributed by atoms with van der Waals surface area (Å²) in [6.07, 6.45) is 0.631. The average molecular weight is 301 g/mol. The quantitative estimate of drug-likeness (QED) is 0.872. The molecule has 2 aliphatic rings. The first-order chi connectivity index (χ1) is 10.3. The monoisotopic (exact) mass is 301 g/mol. The number of hydrogen-bond donors (Lipinski definition) is 1. The van der Waals surface area contributed by atoms with Crippen LogP contribution >= 0.6 is 11.8 Å². The molecule has 108 valence electrons. The maximum Gasteiger partial charge on any atom is 0.172 e. The molecule has 21 heavy (non-hydrogen) atoms. The molecular formula is C15H15N3O2S. The van der Waals surface area contributed by atoms with E-state index >= 15 is 0 Å². The molecule has 1 aromatic carbocycles. The molecule has 0 spiro atoms. The summed E-state index contributed by atoms with van der Waals surface area (Å²) in [4.78, 5) is 10.3. The molecule has 0 fully saturated rings. The summed E-state index contributed by atoms with van der Waals surface area (Å²) < 4.78 is 11.4. The number of nitrogens with two attached hydrogens (primary N) is 1. The SMILES string of the molecule is Nc1nc(C2CSc3ccccc3O2)nc2c1COCC2. The van der Waals surface area contributed by atoms with Gasteiger partial charge in [0.05, 0.1) is 18.9 Å². The van der Waals surface area contributed by atoms with Crippen molar-refractivity contribution in [1.82, 2.24) is 9.97 Å². The molecule has 4 rings (SSSR count). The van der Waals surface area contributed by atoms with Gasteiger partial charge in [-0.3, -0.25) is 0 Å². The van der Waals surface area contributed by atoms with Gasteiger partial charge in [0.25, 0.3) is 0 Å². The summed E-state index contributed by atoms with van der Waals surface area (Å²) in [5.74, 6) is 2.88. The van der Waals surface area contributed by atoms with Gasteiger partial charge < -0.3 is 15.2 Å². The Morgan fingerprint density at radius 2 is 2.14 bits per heavy atom. The van der Waals surface area contributed by atoms with Crippen LogP contribution in [0.5, 0.6) is 5.75 Å². The molecule has 0 bridgehead atoms. The molecule has 6 heteroatoms. The highest BCUT2D eigenvalue weighted by Gasteiger charge is 2.26. The van der Waals surface area contributed by atoms with Crippen LogP contribution in [0.3, 0.4) is 0 Å². The van der Waals surface area contributed by atoms with Crippen molar-refractivity contribution < 1.29 is 9.47 Å². The van der Waals surface area contributed by atoms with Crippen molar-refractivity contribution in [3.63, 3.8) is 0 Å². The Labute approximate surface area is 126 Å². The van der Waals surface area contributed by atoms with Crippen molar-refractivity contribution in [2.24, 2.45) is 0 Å². The molecule has 0 saturated carbocycles. The molecule has 1 unspecified atom stereocenters. The van der Waals surface area contributed by atoms with Gasteiger partial charge in [-0.15, -0.1) is 11.8 Å². The van der Waals surface area contributed by atoms with Crippen molar-refractivity contribution in [3.05, 3.63) is 41.3 Å². The van der Waals surface area contributed by atoms with Crippen LogP contribution < -0.4 is 10.5 Å². The summed E-state index contributed by atoms with van der Waals surface area (Å²) >= 11 is 1.76. The Hall–Kier alpha value is -1.79. The molecule has 2 aliphatic heterocycles. The molecule has 0 aliphatic carbocycles. The van der Waals surface area contributed by atoms with E-state index in [4.69, 9.17) is 15.2 Å². The molecule has 5 nitrogen and oxygen atoms in total. The van der Waals surface area contributed by atoms with Crippen molar-refractivity contribution in [3.8, 4) is 5.75 Å². The number of hydrogen-bond acceptors (Lipinski definition) is 6. The van der Waals surface area contributed by atoms with Gasteiger partial charge in [0.1, 0.15) is 11.6 Å². The van der Waals surface area contributed by atoms with Gasteiger partial charge >= 0.3 is 0 Å². The number of aromatic nitrogens is 2. The summed E-state index contributed by atoms with van der Waals surface area (Å²) in [5.41, 5.74) is 7.97. The van der Waals surface area contributed by atoms with E-state index in [2.05, 4.69) is 16.0 Å². The van der Waals surface area contributed by atoms with Crippen LogP contribution in [0.4, 0.5) is 5.82 Å². The number of nitrogens with zero attached hydrogens (tertiary/aromatic N) is 2. The van der Waals surface area contributed by atoms with Gasteiger partial charge in [0, 0.05) is 22.6 Å². The van der Waals surface area contributed by atoms with Crippen molar-refractivity contribution in [2.45, 2.75) is 24.0 Å². The van der Waals surface area contributed by atoms with Gasteiger partial charge in [-0.2, -0.15) is 0 Å². The molecule has 2 aromatic rings. The van der Waals surface area contributed by atoms with Gasteiger partial charge in [-0.05, 0) is 12.1 Å². The van der Waals surface area contributed by atoms with E-state index < -0.39 is 0 Å². The van der Waals surface area contributed by atoms with Crippen LogP contribution in [0, 0.1) is 0 Å². The highest BCUT2D eigenvalue weighted by atomic mass is 32.2. The van der Waals surface area contributed by atoms with E-state index in [1.54, 1.807) is 11.8 Å². The summed E-state index contributed by atoms with van der Waals surface area (Å²) in [6, 6.07) is 8.03. The van der Waals surface area contributed by atoms with Crippen molar-refractivity contribution in [1.29, 1.82) is 0 Å². The normalized spacial score (nSPS) is 20.3. The molecule has 0 amide bonds. The van der Waals surface area contributed by atoms with Crippen LogP contribution in [0.25, 0.3) is 0 Å². The number of anilines is 1. The van der Waals surface area contributed by atoms with Crippen LogP contribution in [0.15, 0.2) is 29.2 Å². The lowest BCUT2D eigenvalue weighted by molar-refractivity contribution is 0.108. The van der Waals surface area contributed by atoms with Gasteiger partial charge in [0.2, 0.25) is 0 Å². The highest BCUT2D eigenvalue weighted by molar-refractivity contribution is 7.99. The van der Waals surface area contributed by atoms with E-state index in [9.17, 15) is 0 Å². The fourth-order valence-corrected chi connectivity index (χ4v) is 3.55.